The molecule has 0 aliphatic carbocycles. The van der Waals surface area contributed by atoms with Crippen molar-refractivity contribution in [2.75, 3.05) is 0 Å². The van der Waals surface area contributed by atoms with E-state index in [0.29, 0.717) is 5.56 Å². The minimum Gasteiger partial charge on any atom is -0.258 e. The van der Waals surface area contributed by atoms with Gasteiger partial charge < -0.3 is 0 Å². The molecular formula is C15H10F3N5O3. The van der Waals surface area contributed by atoms with Crippen molar-refractivity contribution < 1.29 is 18.1 Å². The van der Waals surface area contributed by atoms with Crippen LogP contribution in [-0.4, -0.2) is 24.7 Å². The number of nitro groups is 1. The normalized spacial score (nSPS) is 11.5. The third kappa shape index (κ3) is 3.45. The summed E-state index contributed by atoms with van der Waals surface area (Å²) < 4.78 is 40.1. The van der Waals surface area contributed by atoms with Gasteiger partial charge in [0, 0.05) is 12.1 Å². The van der Waals surface area contributed by atoms with Crippen molar-refractivity contribution in [1.82, 2.24) is 19.8 Å². The molecule has 0 N–H and O–H groups in total. The number of hydrogen-bond donors (Lipinski definition) is 0. The average molecular weight is 365 g/mol. The highest BCUT2D eigenvalue weighted by Gasteiger charge is 2.30. The lowest BCUT2D eigenvalue weighted by Crippen LogP contribution is -2.25. The van der Waals surface area contributed by atoms with Crippen LogP contribution >= 0.6 is 0 Å². The Hall–Kier alpha value is -3.50. The van der Waals surface area contributed by atoms with Crippen molar-refractivity contribution in [2.45, 2.75) is 12.7 Å². The molecule has 0 radical (unpaired) electrons. The van der Waals surface area contributed by atoms with Crippen molar-refractivity contribution in [1.29, 1.82) is 0 Å². The lowest BCUT2D eigenvalue weighted by molar-refractivity contribution is -0.384. The fourth-order valence-corrected chi connectivity index (χ4v) is 2.25. The topological polar surface area (TPSA) is 95.8 Å². The van der Waals surface area contributed by atoms with Crippen molar-refractivity contribution in [3.05, 3.63) is 80.3 Å². The minimum atomic E-state index is -4.55. The van der Waals surface area contributed by atoms with Gasteiger partial charge in [-0.25, -0.2) is 4.79 Å². The molecule has 0 bridgehead atoms. The fraction of sp³-hybridized carbons (Fsp3) is 0.133. The quantitative estimate of drug-likeness (QED) is 0.523. The number of benzene rings is 2. The van der Waals surface area contributed by atoms with E-state index in [1.807, 2.05) is 0 Å². The maximum Gasteiger partial charge on any atom is 0.416 e. The first kappa shape index (κ1) is 17.3. The SMILES string of the molecule is O=c1n(Cc2ccc([N+](=O)[O-])cc2)nnn1-c1cccc(C(F)(F)F)c1. The molecule has 3 rings (SSSR count). The summed E-state index contributed by atoms with van der Waals surface area (Å²) in [6, 6.07) is 9.61. The van der Waals surface area contributed by atoms with E-state index in [2.05, 4.69) is 10.4 Å². The van der Waals surface area contributed by atoms with Crippen molar-refractivity contribution in [2.24, 2.45) is 0 Å². The van der Waals surface area contributed by atoms with Crippen LogP contribution in [0.5, 0.6) is 0 Å². The molecule has 8 nitrogen and oxygen atoms in total. The van der Waals surface area contributed by atoms with Gasteiger partial charge >= 0.3 is 11.9 Å². The van der Waals surface area contributed by atoms with E-state index >= 15 is 0 Å². The average Bonchev–Trinajstić information content (AvgIpc) is 2.95. The highest BCUT2D eigenvalue weighted by molar-refractivity contribution is 5.36. The third-order valence-electron chi connectivity index (χ3n) is 3.54. The number of hydrogen-bond acceptors (Lipinski definition) is 5. The van der Waals surface area contributed by atoms with E-state index in [0.717, 1.165) is 21.5 Å². The minimum absolute atomic E-state index is 0.0320. The van der Waals surface area contributed by atoms with E-state index in [1.54, 1.807) is 0 Å². The van der Waals surface area contributed by atoms with Crippen LogP contribution in [0, 0.1) is 10.1 Å². The second-order valence-corrected chi connectivity index (χ2v) is 5.30. The van der Waals surface area contributed by atoms with E-state index in [-0.39, 0.29) is 17.9 Å². The zero-order valence-corrected chi connectivity index (χ0v) is 12.9. The van der Waals surface area contributed by atoms with E-state index in [4.69, 9.17) is 0 Å². The summed E-state index contributed by atoms with van der Waals surface area (Å²) in [4.78, 5) is 22.4. The zero-order chi connectivity index (χ0) is 18.9. The molecule has 3 aromatic rings. The van der Waals surface area contributed by atoms with Gasteiger partial charge in [0.15, 0.2) is 0 Å². The molecule has 0 aliphatic heterocycles. The molecule has 0 fully saturated rings. The maximum atomic E-state index is 12.8. The van der Waals surface area contributed by atoms with Gasteiger partial charge in [-0.2, -0.15) is 22.5 Å². The first-order valence-electron chi connectivity index (χ1n) is 7.19. The predicted octanol–water partition coefficient (Wildman–Crippen LogP) is 2.40. The number of alkyl halides is 3. The van der Waals surface area contributed by atoms with Gasteiger partial charge in [-0.15, -0.1) is 0 Å². The molecule has 0 unspecified atom stereocenters. The maximum absolute atomic E-state index is 12.8. The van der Waals surface area contributed by atoms with Gasteiger partial charge in [0.25, 0.3) is 5.69 Å². The Bertz CT molecular complexity index is 1010. The van der Waals surface area contributed by atoms with E-state index < -0.39 is 22.4 Å². The van der Waals surface area contributed by atoms with Gasteiger partial charge in [0.2, 0.25) is 0 Å². The molecule has 0 atom stereocenters. The summed E-state index contributed by atoms with van der Waals surface area (Å²) in [6.45, 7) is -0.0320. The van der Waals surface area contributed by atoms with Gasteiger partial charge in [-0.05, 0) is 34.2 Å². The smallest absolute Gasteiger partial charge is 0.258 e. The van der Waals surface area contributed by atoms with Crippen LogP contribution in [-0.2, 0) is 12.7 Å². The van der Waals surface area contributed by atoms with E-state index in [1.165, 1.54) is 36.4 Å². The number of aromatic nitrogens is 4. The second kappa shape index (κ2) is 6.43. The number of non-ortho nitro benzene ring substituents is 1. The van der Waals surface area contributed by atoms with Crippen molar-refractivity contribution in [3.8, 4) is 5.69 Å². The monoisotopic (exact) mass is 365 g/mol. The number of halogens is 3. The predicted molar refractivity (Wildman–Crippen MR) is 82.8 cm³/mol. The van der Waals surface area contributed by atoms with Crippen LogP contribution in [0.25, 0.3) is 5.69 Å². The summed E-state index contributed by atoms with van der Waals surface area (Å²) in [5, 5.41) is 17.9. The molecule has 134 valence electrons. The van der Waals surface area contributed by atoms with Crippen LogP contribution in [0.3, 0.4) is 0 Å². The van der Waals surface area contributed by atoms with Crippen LogP contribution in [0.4, 0.5) is 18.9 Å². The lowest BCUT2D eigenvalue weighted by Gasteiger charge is -2.07. The third-order valence-corrected chi connectivity index (χ3v) is 3.54. The van der Waals surface area contributed by atoms with Crippen molar-refractivity contribution in [3.63, 3.8) is 0 Å². The van der Waals surface area contributed by atoms with Crippen LogP contribution in [0.15, 0.2) is 53.3 Å². The standard InChI is InChI=1S/C15H10F3N5O3/c16-15(17,18)11-2-1-3-13(8-11)22-14(24)21(19-20-22)9-10-4-6-12(7-5-10)23(25)26/h1-8H,9H2. The zero-order valence-electron chi connectivity index (χ0n) is 12.9. The molecule has 0 aliphatic rings. The van der Waals surface area contributed by atoms with Gasteiger partial charge in [0.1, 0.15) is 0 Å². The summed E-state index contributed by atoms with van der Waals surface area (Å²) in [6.07, 6.45) is -4.55. The molecule has 11 heteroatoms. The fourth-order valence-electron chi connectivity index (χ4n) is 2.25. The highest BCUT2D eigenvalue weighted by Crippen LogP contribution is 2.29. The summed E-state index contributed by atoms with van der Waals surface area (Å²) in [5.41, 5.74) is -1.27. The van der Waals surface area contributed by atoms with Crippen LogP contribution in [0.2, 0.25) is 0 Å². The lowest BCUT2D eigenvalue weighted by atomic mass is 10.2. The first-order valence-corrected chi connectivity index (χ1v) is 7.19. The van der Waals surface area contributed by atoms with Crippen LogP contribution < -0.4 is 5.69 Å². The summed E-state index contributed by atoms with van der Waals surface area (Å²) in [5.74, 6) is 0. The number of nitrogens with zero attached hydrogens (tertiary/aromatic N) is 5. The van der Waals surface area contributed by atoms with Gasteiger partial charge in [-0.3, -0.25) is 10.1 Å². The van der Waals surface area contributed by atoms with Crippen LogP contribution in [0.1, 0.15) is 11.1 Å². The Morgan fingerprint density at radius 3 is 2.38 bits per heavy atom. The molecule has 0 saturated heterocycles. The second-order valence-electron chi connectivity index (χ2n) is 5.30. The number of rotatable bonds is 4. The molecule has 0 spiro atoms. The molecule has 2 aromatic carbocycles. The van der Waals surface area contributed by atoms with Gasteiger partial charge in [-0.1, -0.05) is 18.2 Å². The molecular weight excluding hydrogens is 355 g/mol. The Morgan fingerprint density at radius 1 is 1.08 bits per heavy atom. The molecule has 26 heavy (non-hydrogen) atoms. The van der Waals surface area contributed by atoms with Gasteiger partial charge in [0.05, 0.1) is 22.7 Å². The van der Waals surface area contributed by atoms with E-state index in [9.17, 15) is 28.1 Å². The molecule has 1 heterocycles. The Kier molecular flexibility index (Phi) is 4.28. The number of nitro benzene ring substituents is 1. The molecule has 0 amide bonds. The molecule has 1 aromatic heterocycles. The highest BCUT2D eigenvalue weighted by atomic mass is 19.4. The molecule has 0 saturated carbocycles. The summed E-state index contributed by atoms with van der Waals surface area (Å²) in [7, 11) is 0. The largest absolute Gasteiger partial charge is 0.416 e. The Morgan fingerprint density at radius 2 is 1.77 bits per heavy atom. The first-order chi connectivity index (χ1) is 12.3. The van der Waals surface area contributed by atoms with Crippen molar-refractivity contribution >= 4 is 5.69 Å². The Balaban J connectivity index is 1.89. The Labute approximate surface area is 143 Å². The summed E-state index contributed by atoms with van der Waals surface area (Å²) >= 11 is 0. The number of tetrazole rings is 1.